The molecular formula is C15H14N2. The third-order valence-electron chi connectivity index (χ3n) is 3.09. The number of aryl methyl sites for hydroxylation is 2. The van der Waals surface area contributed by atoms with Gasteiger partial charge in [-0.1, -0.05) is 30.3 Å². The van der Waals surface area contributed by atoms with Gasteiger partial charge in [0.25, 0.3) is 0 Å². The molecule has 2 heteroatoms. The van der Waals surface area contributed by atoms with Crippen molar-refractivity contribution in [2.75, 3.05) is 0 Å². The minimum Gasteiger partial charge on any atom is -0.360 e. The molecule has 0 spiro atoms. The fourth-order valence-corrected chi connectivity index (χ4v) is 2.16. The zero-order valence-corrected chi connectivity index (χ0v) is 9.56. The lowest BCUT2D eigenvalue weighted by atomic mass is 10.0. The highest BCUT2D eigenvalue weighted by atomic mass is 14.7. The first-order valence-corrected chi connectivity index (χ1v) is 5.87. The SMILES string of the molecule is c1ccc(CCc2c[nH]c3cnccc23)cc1. The molecule has 1 aromatic carbocycles. The summed E-state index contributed by atoms with van der Waals surface area (Å²) in [5, 5.41) is 1.29. The van der Waals surface area contributed by atoms with Crippen LogP contribution >= 0.6 is 0 Å². The molecule has 2 nitrogen and oxygen atoms in total. The maximum Gasteiger partial charge on any atom is 0.0643 e. The van der Waals surface area contributed by atoms with Crippen molar-refractivity contribution in [2.24, 2.45) is 0 Å². The van der Waals surface area contributed by atoms with Crippen LogP contribution in [0, 0.1) is 0 Å². The first-order chi connectivity index (χ1) is 8.43. The van der Waals surface area contributed by atoms with Gasteiger partial charge in [-0.25, -0.2) is 0 Å². The summed E-state index contributed by atoms with van der Waals surface area (Å²) in [6.07, 6.45) is 7.96. The topological polar surface area (TPSA) is 28.7 Å². The summed E-state index contributed by atoms with van der Waals surface area (Å²) < 4.78 is 0. The van der Waals surface area contributed by atoms with Crippen LogP contribution in [0.4, 0.5) is 0 Å². The molecule has 3 aromatic rings. The van der Waals surface area contributed by atoms with Crippen molar-refractivity contribution in [3.05, 3.63) is 66.1 Å². The van der Waals surface area contributed by atoms with Crippen LogP contribution in [0.3, 0.4) is 0 Å². The highest BCUT2D eigenvalue weighted by Gasteiger charge is 2.03. The number of benzene rings is 1. The highest BCUT2D eigenvalue weighted by molar-refractivity contribution is 5.82. The second-order valence-electron chi connectivity index (χ2n) is 4.22. The van der Waals surface area contributed by atoms with Crippen LogP contribution in [-0.4, -0.2) is 9.97 Å². The molecular weight excluding hydrogens is 208 g/mol. The second-order valence-corrected chi connectivity index (χ2v) is 4.22. The van der Waals surface area contributed by atoms with Gasteiger partial charge in [-0.15, -0.1) is 0 Å². The lowest BCUT2D eigenvalue weighted by Gasteiger charge is -2.00. The first kappa shape index (κ1) is 10.1. The van der Waals surface area contributed by atoms with E-state index in [1.807, 2.05) is 12.4 Å². The van der Waals surface area contributed by atoms with E-state index in [1.54, 1.807) is 0 Å². The van der Waals surface area contributed by atoms with Gasteiger partial charge in [0.05, 0.1) is 11.7 Å². The summed E-state index contributed by atoms with van der Waals surface area (Å²) in [7, 11) is 0. The van der Waals surface area contributed by atoms with E-state index in [-0.39, 0.29) is 0 Å². The lowest BCUT2D eigenvalue weighted by molar-refractivity contribution is 0.968. The third kappa shape index (κ3) is 2.07. The van der Waals surface area contributed by atoms with Crippen molar-refractivity contribution < 1.29 is 0 Å². The average molecular weight is 222 g/mol. The zero-order valence-electron chi connectivity index (χ0n) is 9.56. The number of pyridine rings is 1. The average Bonchev–Trinajstić information content (AvgIpc) is 2.81. The summed E-state index contributed by atoms with van der Waals surface area (Å²) in [6.45, 7) is 0. The number of nitrogens with zero attached hydrogens (tertiary/aromatic N) is 1. The van der Waals surface area contributed by atoms with Crippen molar-refractivity contribution in [2.45, 2.75) is 12.8 Å². The van der Waals surface area contributed by atoms with E-state index in [0.717, 1.165) is 18.4 Å². The molecule has 2 aromatic heterocycles. The van der Waals surface area contributed by atoms with E-state index in [4.69, 9.17) is 0 Å². The molecule has 0 unspecified atom stereocenters. The molecule has 0 fully saturated rings. The lowest BCUT2D eigenvalue weighted by Crippen LogP contribution is -1.89. The monoisotopic (exact) mass is 222 g/mol. The maximum atomic E-state index is 4.11. The van der Waals surface area contributed by atoms with Gasteiger partial charge < -0.3 is 4.98 Å². The molecule has 0 aliphatic rings. The van der Waals surface area contributed by atoms with Crippen molar-refractivity contribution in [1.29, 1.82) is 0 Å². The Morgan fingerprint density at radius 2 is 1.88 bits per heavy atom. The maximum absolute atomic E-state index is 4.11. The minimum absolute atomic E-state index is 1.06. The molecule has 0 bridgehead atoms. The number of hydrogen-bond acceptors (Lipinski definition) is 1. The number of H-pyrrole nitrogens is 1. The highest BCUT2D eigenvalue weighted by Crippen LogP contribution is 2.18. The standard InChI is InChI=1S/C15H14N2/c1-2-4-12(5-3-1)6-7-13-10-17-15-11-16-9-8-14(13)15/h1-5,8-11,17H,6-7H2. The van der Waals surface area contributed by atoms with Crippen molar-refractivity contribution in [1.82, 2.24) is 9.97 Å². The van der Waals surface area contributed by atoms with Gasteiger partial charge in [-0.3, -0.25) is 4.98 Å². The third-order valence-corrected chi connectivity index (χ3v) is 3.09. The minimum atomic E-state index is 1.06. The molecule has 0 saturated carbocycles. The van der Waals surface area contributed by atoms with Crippen LogP contribution < -0.4 is 0 Å². The van der Waals surface area contributed by atoms with E-state index in [0.29, 0.717) is 0 Å². The molecule has 17 heavy (non-hydrogen) atoms. The van der Waals surface area contributed by atoms with Crippen LogP contribution in [0.15, 0.2) is 55.0 Å². The van der Waals surface area contributed by atoms with Crippen LogP contribution in [0.5, 0.6) is 0 Å². The van der Waals surface area contributed by atoms with Crippen LogP contribution in [0.25, 0.3) is 10.9 Å². The van der Waals surface area contributed by atoms with E-state index in [1.165, 1.54) is 16.5 Å². The molecule has 2 heterocycles. The number of aromatic nitrogens is 2. The molecule has 0 saturated heterocycles. The van der Waals surface area contributed by atoms with Crippen molar-refractivity contribution in [3.63, 3.8) is 0 Å². The van der Waals surface area contributed by atoms with Gasteiger partial charge in [0.15, 0.2) is 0 Å². The molecule has 0 aliphatic carbocycles. The second kappa shape index (κ2) is 4.42. The predicted octanol–water partition coefficient (Wildman–Crippen LogP) is 3.35. The number of aromatic amines is 1. The Hall–Kier alpha value is -2.09. The van der Waals surface area contributed by atoms with Gasteiger partial charge in [0, 0.05) is 17.8 Å². The van der Waals surface area contributed by atoms with E-state index >= 15 is 0 Å². The number of nitrogens with one attached hydrogen (secondary N) is 1. The Labute approximate surface area is 100 Å². The van der Waals surface area contributed by atoms with Gasteiger partial charge in [0.2, 0.25) is 0 Å². The van der Waals surface area contributed by atoms with Crippen LogP contribution in [0.1, 0.15) is 11.1 Å². The molecule has 0 aliphatic heterocycles. The van der Waals surface area contributed by atoms with Crippen molar-refractivity contribution in [3.8, 4) is 0 Å². The van der Waals surface area contributed by atoms with Gasteiger partial charge in [0.1, 0.15) is 0 Å². The normalized spacial score (nSPS) is 10.8. The quantitative estimate of drug-likeness (QED) is 0.723. The molecule has 3 rings (SSSR count). The van der Waals surface area contributed by atoms with E-state index < -0.39 is 0 Å². The summed E-state index contributed by atoms with van der Waals surface area (Å²) in [5.74, 6) is 0. The summed E-state index contributed by atoms with van der Waals surface area (Å²) in [4.78, 5) is 7.38. The smallest absolute Gasteiger partial charge is 0.0643 e. The van der Waals surface area contributed by atoms with Gasteiger partial charge in [-0.2, -0.15) is 0 Å². The van der Waals surface area contributed by atoms with E-state index in [9.17, 15) is 0 Å². The predicted molar refractivity (Wildman–Crippen MR) is 69.9 cm³/mol. The first-order valence-electron chi connectivity index (χ1n) is 5.87. The fraction of sp³-hybridized carbons (Fsp3) is 0.133. The van der Waals surface area contributed by atoms with Crippen LogP contribution in [-0.2, 0) is 12.8 Å². The van der Waals surface area contributed by atoms with E-state index in [2.05, 4.69) is 52.6 Å². The fourth-order valence-electron chi connectivity index (χ4n) is 2.16. The molecule has 0 amide bonds. The van der Waals surface area contributed by atoms with Crippen molar-refractivity contribution >= 4 is 10.9 Å². The van der Waals surface area contributed by atoms with Gasteiger partial charge >= 0.3 is 0 Å². The van der Waals surface area contributed by atoms with Crippen LogP contribution in [0.2, 0.25) is 0 Å². The Kier molecular flexibility index (Phi) is 2.62. The molecule has 0 atom stereocenters. The molecule has 0 radical (unpaired) electrons. The van der Waals surface area contributed by atoms with Gasteiger partial charge in [-0.05, 0) is 30.0 Å². The molecule has 1 N–H and O–H groups in total. The number of hydrogen-bond donors (Lipinski definition) is 1. The zero-order chi connectivity index (χ0) is 11.5. The summed E-state index contributed by atoms with van der Waals surface area (Å²) in [5.41, 5.74) is 3.87. The summed E-state index contributed by atoms with van der Waals surface area (Å²) >= 11 is 0. The largest absolute Gasteiger partial charge is 0.360 e. The number of rotatable bonds is 3. The molecule has 84 valence electrons. The Morgan fingerprint density at radius 1 is 1.00 bits per heavy atom. The summed E-state index contributed by atoms with van der Waals surface area (Å²) in [6, 6.07) is 12.7. The Balaban J connectivity index is 1.82. The Bertz CT molecular complexity index is 611. The number of fused-ring (bicyclic) bond motifs is 1. The Morgan fingerprint density at radius 3 is 2.76 bits per heavy atom.